The maximum Gasteiger partial charge on any atom is 0.319 e. The van der Waals surface area contributed by atoms with Crippen LogP contribution in [0.3, 0.4) is 0 Å². The fraction of sp³-hybridized carbons (Fsp3) is 0.538. The van der Waals surface area contributed by atoms with Crippen molar-refractivity contribution in [2.45, 2.75) is 26.3 Å². The number of aromatic nitrogens is 1. The molecule has 1 aromatic rings. The van der Waals surface area contributed by atoms with Crippen LogP contribution < -0.4 is 15.5 Å². The third-order valence-electron chi connectivity index (χ3n) is 2.63. The number of amides is 2. The number of anilines is 2. The van der Waals surface area contributed by atoms with Crippen molar-refractivity contribution in [1.29, 1.82) is 0 Å². The number of aliphatic hydroxyl groups is 1. The van der Waals surface area contributed by atoms with Crippen LogP contribution >= 0.6 is 0 Å². The van der Waals surface area contributed by atoms with E-state index in [4.69, 9.17) is 5.11 Å². The summed E-state index contributed by atoms with van der Waals surface area (Å²) in [7, 11) is 3.75. The van der Waals surface area contributed by atoms with Crippen LogP contribution in [0.2, 0.25) is 0 Å². The summed E-state index contributed by atoms with van der Waals surface area (Å²) in [6.45, 7) is 3.80. The molecule has 1 rings (SSSR count). The van der Waals surface area contributed by atoms with Crippen LogP contribution in [0.5, 0.6) is 0 Å². The fourth-order valence-electron chi connectivity index (χ4n) is 1.63. The van der Waals surface area contributed by atoms with Gasteiger partial charge in [-0.3, -0.25) is 0 Å². The Morgan fingerprint density at radius 1 is 1.47 bits per heavy atom. The number of aliphatic hydroxyl groups excluding tert-OH is 1. The molecule has 0 spiro atoms. The molecule has 0 aliphatic heterocycles. The second-order valence-corrected chi connectivity index (χ2v) is 4.73. The molecule has 0 fully saturated rings. The van der Waals surface area contributed by atoms with Crippen molar-refractivity contribution in [2.75, 3.05) is 30.9 Å². The van der Waals surface area contributed by atoms with Crippen molar-refractivity contribution in [2.24, 2.45) is 0 Å². The van der Waals surface area contributed by atoms with E-state index < -0.39 is 0 Å². The molecule has 0 aromatic carbocycles. The van der Waals surface area contributed by atoms with Crippen molar-refractivity contribution in [3.8, 4) is 0 Å². The average molecular weight is 266 g/mol. The van der Waals surface area contributed by atoms with Crippen molar-refractivity contribution in [3.05, 3.63) is 17.8 Å². The van der Waals surface area contributed by atoms with E-state index in [0.717, 1.165) is 5.69 Å². The van der Waals surface area contributed by atoms with Crippen LogP contribution in [-0.4, -0.2) is 42.9 Å². The lowest BCUT2D eigenvalue weighted by Crippen LogP contribution is -2.37. The van der Waals surface area contributed by atoms with Gasteiger partial charge in [-0.25, -0.2) is 9.78 Å². The lowest BCUT2D eigenvalue weighted by atomic mass is 10.2. The highest BCUT2D eigenvalue weighted by molar-refractivity contribution is 5.92. The molecular formula is C13H22N4O2. The van der Waals surface area contributed by atoms with Gasteiger partial charge in [-0.1, -0.05) is 0 Å². The standard InChI is InChI=1S/C13H22N4O2/c1-9-5-6-11(12(14-9)17(3)4)16-13(19)15-10(2)7-8-18/h5-6,10,18H,7-8H2,1-4H3,(H2,15,16,19)/t10-/m1/s1. The third-order valence-corrected chi connectivity index (χ3v) is 2.63. The SMILES string of the molecule is Cc1ccc(NC(=O)N[C@H](C)CCO)c(N(C)C)n1. The zero-order valence-corrected chi connectivity index (χ0v) is 11.9. The molecule has 0 saturated carbocycles. The van der Waals surface area contributed by atoms with Crippen LogP contribution in [0.15, 0.2) is 12.1 Å². The normalized spacial score (nSPS) is 11.8. The fourth-order valence-corrected chi connectivity index (χ4v) is 1.63. The lowest BCUT2D eigenvalue weighted by Gasteiger charge is -2.18. The molecule has 0 saturated heterocycles. The minimum Gasteiger partial charge on any atom is -0.396 e. The molecule has 2 amide bonds. The van der Waals surface area contributed by atoms with Gasteiger partial charge < -0.3 is 20.6 Å². The Morgan fingerprint density at radius 2 is 2.16 bits per heavy atom. The van der Waals surface area contributed by atoms with E-state index in [1.807, 2.05) is 45.0 Å². The van der Waals surface area contributed by atoms with Crippen LogP contribution in [0.25, 0.3) is 0 Å². The zero-order valence-electron chi connectivity index (χ0n) is 11.9. The van der Waals surface area contributed by atoms with Crippen molar-refractivity contribution < 1.29 is 9.90 Å². The van der Waals surface area contributed by atoms with E-state index in [1.165, 1.54) is 0 Å². The van der Waals surface area contributed by atoms with E-state index >= 15 is 0 Å². The number of hydrogen-bond acceptors (Lipinski definition) is 4. The van der Waals surface area contributed by atoms with Gasteiger partial charge in [0, 0.05) is 32.4 Å². The summed E-state index contributed by atoms with van der Waals surface area (Å²) in [6.07, 6.45) is 0.528. The van der Waals surface area contributed by atoms with Gasteiger partial charge in [0.25, 0.3) is 0 Å². The molecule has 0 bridgehead atoms. The molecule has 0 radical (unpaired) electrons. The van der Waals surface area contributed by atoms with Gasteiger partial charge in [0.05, 0.1) is 5.69 Å². The molecule has 0 unspecified atom stereocenters. The van der Waals surface area contributed by atoms with Gasteiger partial charge in [-0.15, -0.1) is 0 Å². The van der Waals surface area contributed by atoms with Gasteiger partial charge in [0.15, 0.2) is 5.82 Å². The number of aryl methyl sites for hydroxylation is 1. The molecule has 1 heterocycles. The van der Waals surface area contributed by atoms with E-state index in [-0.39, 0.29) is 18.7 Å². The first-order valence-electron chi connectivity index (χ1n) is 6.27. The zero-order chi connectivity index (χ0) is 14.4. The predicted molar refractivity (Wildman–Crippen MR) is 76.6 cm³/mol. The number of hydrogen-bond donors (Lipinski definition) is 3. The summed E-state index contributed by atoms with van der Waals surface area (Å²) < 4.78 is 0. The second-order valence-electron chi connectivity index (χ2n) is 4.73. The number of urea groups is 1. The Bertz CT molecular complexity index is 435. The Kier molecular flexibility index (Phi) is 5.57. The summed E-state index contributed by atoms with van der Waals surface area (Å²) in [5, 5.41) is 14.3. The number of carbonyl (C=O) groups is 1. The molecule has 1 atom stereocenters. The number of nitrogens with one attached hydrogen (secondary N) is 2. The van der Waals surface area contributed by atoms with Gasteiger partial charge in [0.2, 0.25) is 0 Å². The monoisotopic (exact) mass is 266 g/mol. The van der Waals surface area contributed by atoms with E-state index in [2.05, 4.69) is 15.6 Å². The van der Waals surface area contributed by atoms with Gasteiger partial charge in [-0.2, -0.15) is 0 Å². The highest BCUT2D eigenvalue weighted by Gasteiger charge is 2.11. The van der Waals surface area contributed by atoms with Crippen LogP contribution in [-0.2, 0) is 0 Å². The topological polar surface area (TPSA) is 77.5 Å². The van der Waals surface area contributed by atoms with Crippen molar-refractivity contribution in [1.82, 2.24) is 10.3 Å². The van der Waals surface area contributed by atoms with E-state index in [1.54, 1.807) is 0 Å². The summed E-state index contributed by atoms with van der Waals surface area (Å²) in [5.74, 6) is 0.713. The van der Waals surface area contributed by atoms with Crippen molar-refractivity contribution >= 4 is 17.5 Å². The summed E-state index contributed by atoms with van der Waals surface area (Å²) in [5.41, 5.74) is 1.55. The lowest BCUT2D eigenvalue weighted by molar-refractivity contribution is 0.241. The first kappa shape index (κ1) is 15.2. The second kappa shape index (κ2) is 6.94. The van der Waals surface area contributed by atoms with Gasteiger partial charge >= 0.3 is 6.03 Å². The number of rotatable bonds is 5. The molecule has 3 N–H and O–H groups in total. The molecular weight excluding hydrogens is 244 g/mol. The molecule has 0 aliphatic rings. The number of pyridine rings is 1. The van der Waals surface area contributed by atoms with E-state index in [0.29, 0.717) is 17.9 Å². The molecule has 6 nitrogen and oxygen atoms in total. The van der Waals surface area contributed by atoms with Crippen molar-refractivity contribution in [3.63, 3.8) is 0 Å². The van der Waals surface area contributed by atoms with E-state index in [9.17, 15) is 4.79 Å². The Balaban J connectivity index is 2.73. The Hall–Kier alpha value is -1.82. The smallest absolute Gasteiger partial charge is 0.319 e. The minimum atomic E-state index is -0.297. The highest BCUT2D eigenvalue weighted by atomic mass is 16.3. The molecule has 1 aromatic heterocycles. The largest absolute Gasteiger partial charge is 0.396 e. The Morgan fingerprint density at radius 3 is 2.74 bits per heavy atom. The van der Waals surface area contributed by atoms with Crippen LogP contribution in [0.1, 0.15) is 19.0 Å². The first-order valence-corrected chi connectivity index (χ1v) is 6.27. The molecule has 0 aliphatic carbocycles. The molecule has 106 valence electrons. The maximum absolute atomic E-state index is 11.8. The summed E-state index contributed by atoms with van der Waals surface area (Å²) >= 11 is 0. The summed E-state index contributed by atoms with van der Waals surface area (Å²) in [4.78, 5) is 18.0. The average Bonchev–Trinajstić information content (AvgIpc) is 2.31. The highest BCUT2D eigenvalue weighted by Crippen LogP contribution is 2.21. The quantitative estimate of drug-likeness (QED) is 0.752. The number of nitrogens with zero attached hydrogens (tertiary/aromatic N) is 2. The van der Waals surface area contributed by atoms with Crippen LogP contribution in [0, 0.1) is 6.92 Å². The van der Waals surface area contributed by atoms with Crippen LogP contribution in [0.4, 0.5) is 16.3 Å². The molecule has 19 heavy (non-hydrogen) atoms. The summed E-state index contributed by atoms with van der Waals surface area (Å²) in [6, 6.07) is 3.30. The Labute approximate surface area is 113 Å². The predicted octanol–water partition coefficient (Wildman–Crippen LogP) is 1.35. The number of carbonyl (C=O) groups excluding carboxylic acids is 1. The first-order chi connectivity index (χ1) is 8.93. The maximum atomic E-state index is 11.8. The third kappa shape index (κ3) is 4.75. The van der Waals surface area contributed by atoms with Gasteiger partial charge in [0.1, 0.15) is 0 Å². The molecule has 6 heteroatoms. The minimum absolute atomic E-state index is 0.0521. The van der Waals surface area contributed by atoms with Gasteiger partial charge in [-0.05, 0) is 32.4 Å².